The third-order valence-electron chi connectivity index (χ3n) is 10.9. The Morgan fingerprint density at radius 3 is 1.15 bits per heavy atom. The minimum atomic E-state index is -0.169. The summed E-state index contributed by atoms with van der Waals surface area (Å²) in [6.07, 6.45) is 1.11. The van der Waals surface area contributed by atoms with E-state index in [0.29, 0.717) is 13.2 Å². The van der Waals surface area contributed by atoms with Crippen molar-refractivity contribution in [3.63, 3.8) is 0 Å². The average Bonchev–Trinajstić information content (AvgIpc) is 3.18. The molecule has 0 aromatic heterocycles. The van der Waals surface area contributed by atoms with E-state index < -0.39 is 0 Å². The Labute approximate surface area is 322 Å². The molecule has 4 heteroatoms. The molecule has 0 fully saturated rings. The van der Waals surface area contributed by atoms with Crippen molar-refractivity contribution in [1.82, 2.24) is 0 Å². The normalized spacial score (nSPS) is 12.4. The molecule has 278 valence electrons. The number of ether oxygens (including phenoxy) is 4. The Hall–Kier alpha value is -5.16. The Morgan fingerprint density at radius 1 is 0.426 bits per heavy atom. The molecule has 6 aromatic carbocycles. The maximum atomic E-state index is 6.44. The zero-order chi connectivity index (χ0) is 38.2. The Morgan fingerprint density at radius 2 is 0.778 bits per heavy atom. The van der Waals surface area contributed by atoms with Gasteiger partial charge in [0.1, 0.15) is 24.7 Å². The van der Waals surface area contributed by atoms with Crippen molar-refractivity contribution in [1.29, 1.82) is 0 Å². The third kappa shape index (κ3) is 8.62. The number of hydrogen-bond acceptors (Lipinski definition) is 4. The lowest BCUT2D eigenvalue weighted by Gasteiger charge is -2.29. The van der Waals surface area contributed by atoms with Gasteiger partial charge in [-0.15, -0.1) is 0 Å². The molecule has 0 aliphatic heterocycles. The summed E-state index contributed by atoms with van der Waals surface area (Å²) in [4.78, 5) is 0. The zero-order valence-corrected chi connectivity index (χ0v) is 33.2. The van der Waals surface area contributed by atoms with Gasteiger partial charge in [0.15, 0.2) is 0 Å². The number of hydrogen-bond donors (Lipinski definition) is 0. The zero-order valence-electron chi connectivity index (χ0n) is 33.2. The highest BCUT2D eigenvalue weighted by Crippen LogP contribution is 2.40. The lowest BCUT2D eigenvalue weighted by atomic mass is 9.84. The maximum absolute atomic E-state index is 6.44. The molecule has 0 radical (unpaired) electrons. The standard InChI is InChI=1S/C50H54O4/c1-33-27-35(3)49(41-23-15-17-25-45(41)53-31-39-19-11-9-12-20-39)37(5)43(33)29-47(51-7)48(52-8)30-44-34(2)28-36(4)50(38(44)6)42-24-16-18-26-46(42)54-32-40-21-13-10-14-22-40/h9-28,47-48H,29-32H2,1-8H3/t47-,48-/m1/s1. The largest absolute Gasteiger partial charge is 0.488 e. The van der Waals surface area contributed by atoms with Gasteiger partial charge in [-0.1, -0.05) is 109 Å². The summed E-state index contributed by atoms with van der Waals surface area (Å²) in [5.41, 5.74) is 17.0. The molecule has 4 nitrogen and oxygen atoms in total. The van der Waals surface area contributed by atoms with Crippen LogP contribution in [0.15, 0.2) is 121 Å². The van der Waals surface area contributed by atoms with Crippen LogP contribution in [0.25, 0.3) is 22.3 Å². The quantitative estimate of drug-likeness (QED) is 0.106. The summed E-state index contributed by atoms with van der Waals surface area (Å²) in [5, 5.41) is 0. The van der Waals surface area contributed by atoms with Crippen LogP contribution in [0.2, 0.25) is 0 Å². The first-order valence-electron chi connectivity index (χ1n) is 19.0. The van der Waals surface area contributed by atoms with E-state index in [2.05, 4.69) is 114 Å². The van der Waals surface area contributed by atoms with Crippen LogP contribution in [0.5, 0.6) is 11.5 Å². The summed E-state index contributed by atoms with van der Waals surface area (Å²) in [7, 11) is 3.62. The molecule has 54 heavy (non-hydrogen) atoms. The van der Waals surface area contributed by atoms with Crippen LogP contribution in [0.1, 0.15) is 55.6 Å². The molecule has 0 bridgehead atoms. The lowest BCUT2D eigenvalue weighted by Crippen LogP contribution is -2.34. The van der Waals surface area contributed by atoms with Crippen LogP contribution in [-0.2, 0) is 35.5 Å². The molecule has 0 aliphatic carbocycles. The predicted octanol–water partition coefficient (Wildman–Crippen LogP) is 11.8. The van der Waals surface area contributed by atoms with Crippen molar-refractivity contribution in [2.75, 3.05) is 14.2 Å². The highest BCUT2D eigenvalue weighted by Gasteiger charge is 2.27. The van der Waals surface area contributed by atoms with Gasteiger partial charge in [-0.05, 0) is 120 Å². The second kappa shape index (κ2) is 17.8. The molecule has 0 N–H and O–H groups in total. The summed E-state index contributed by atoms with van der Waals surface area (Å²) < 4.78 is 25.5. The molecule has 6 aromatic rings. The fourth-order valence-electron chi connectivity index (χ4n) is 8.11. The second-order valence-electron chi connectivity index (χ2n) is 14.5. The molecule has 0 saturated carbocycles. The minimum absolute atomic E-state index is 0.169. The van der Waals surface area contributed by atoms with Crippen LogP contribution >= 0.6 is 0 Å². The summed E-state index contributed by atoms with van der Waals surface area (Å²) >= 11 is 0. The first-order valence-corrected chi connectivity index (χ1v) is 19.0. The number of rotatable bonds is 15. The van der Waals surface area contributed by atoms with Crippen molar-refractivity contribution >= 4 is 0 Å². The van der Waals surface area contributed by atoms with E-state index >= 15 is 0 Å². The van der Waals surface area contributed by atoms with Gasteiger partial charge >= 0.3 is 0 Å². The van der Waals surface area contributed by atoms with E-state index in [0.717, 1.165) is 46.6 Å². The van der Waals surface area contributed by atoms with E-state index in [1.165, 1.54) is 55.6 Å². The monoisotopic (exact) mass is 718 g/mol. The van der Waals surface area contributed by atoms with Crippen LogP contribution in [0, 0.1) is 41.5 Å². The molecule has 6 rings (SSSR count). The predicted molar refractivity (Wildman–Crippen MR) is 223 cm³/mol. The minimum Gasteiger partial charge on any atom is -0.488 e. The van der Waals surface area contributed by atoms with Crippen molar-refractivity contribution in [2.45, 2.75) is 79.8 Å². The van der Waals surface area contributed by atoms with E-state index in [9.17, 15) is 0 Å². The van der Waals surface area contributed by atoms with Crippen molar-refractivity contribution in [2.24, 2.45) is 0 Å². The summed E-state index contributed by atoms with van der Waals surface area (Å²) in [5.74, 6) is 1.77. The molecule has 0 saturated heterocycles. The number of methoxy groups -OCH3 is 2. The number of aryl methyl sites for hydroxylation is 4. The molecular formula is C50H54O4. The molecule has 0 unspecified atom stereocenters. The SMILES string of the molecule is CO[C@H](Cc1c(C)cc(C)c(-c2ccccc2OCc2ccccc2)c1C)[C@@H](Cc1c(C)cc(C)c(-c2ccccc2OCc2ccccc2)c1C)OC. The first kappa shape index (κ1) is 38.6. The molecule has 2 atom stereocenters. The van der Waals surface area contributed by atoms with E-state index in [-0.39, 0.29) is 12.2 Å². The topological polar surface area (TPSA) is 36.9 Å². The molecule has 0 heterocycles. The third-order valence-corrected chi connectivity index (χ3v) is 10.9. The van der Waals surface area contributed by atoms with Crippen molar-refractivity contribution < 1.29 is 18.9 Å². The molecular weight excluding hydrogens is 665 g/mol. The van der Waals surface area contributed by atoms with Crippen LogP contribution in [0.3, 0.4) is 0 Å². The van der Waals surface area contributed by atoms with Crippen LogP contribution < -0.4 is 9.47 Å². The molecule has 0 spiro atoms. The van der Waals surface area contributed by atoms with Gasteiger partial charge in [0.25, 0.3) is 0 Å². The van der Waals surface area contributed by atoms with Crippen molar-refractivity contribution in [3.8, 4) is 33.8 Å². The number of benzene rings is 6. The van der Waals surface area contributed by atoms with Gasteiger partial charge < -0.3 is 18.9 Å². The van der Waals surface area contributed by atoms with Gasteiger partial charge in [-0.3, -0.25) is 0 Å². The fraction of sp³-hybridized carbons (Fsp3) is 0.280. The van der Waals surface area contributed by atoms with Crippen LogP contribution in [0.4, 0.5) is 0 Å². The number of para-hydroxylation sites is 2. The fourth-order valence-corrected chi connectivity index (χ4v) is 8.11. The van der Waals surface area contributed by atoms with Crippen molar-refractivity contribution in [3.05, 3.63) is 177 Å². The highest BCUT2D eigenvalue weighted by atomic mass is 16.5. The van der Waals surface area contributed by atoms with E-state index in [4.69, 9.17) is 18.9 Å². The van der Waals surface area contributed by atoms with Gasteiger partial charge in [0.2, 0.25) is 0 Å². The highest BCUT2D eigenvalue weighted by molar-refractivity contribution is 5.79. The van der Waals surface area contributed by atoms with E-state index in [1.54, 1.807) is 0 Å². The van der Waals surface area contributed by atoms with Crippen LogP contribution in [-0.4, -0.2) is 26.4 Å². The average molecular weight is 719 g/mol. The Kier molecular flexibility index (Phi) is 12.7. The molecule has 0 aliphatic rings. The smallest absolute Gasteiger partial charge is 0.127 e. The van der Waals surface area contributed by atoms with Gasteiger partial charge in [-0.25, -0.2) is 0 Å². The van der Waals surface area contributed by atoms with E-state index in [1.807, 2.05) is 62.8 Å². The van der Waals surface area contributed by atoms with Gasteiger partial charge in [0.05, 0.1) is 12.2 Å². The Bertz CT molecular complexity index is 2010. The summed E-state index contributed by atoms with van der Waals surface area (Å²) in [6.45, 7) is 14.3. The van der Waals surface area contributed by atoms with Gasteiger partial charge in [-0.2, -0.15) is 0 Å². The Balaban J connectivity index is 1.29. The lowest BCUT2D eigenvalue weighted by molar-refractivity contribution is -0.0348. The molecule has 0 amide bonds. The second-order valence-corrected chi connectivity index (χ2v) is 14.5. The van der Waals surface area contributed by atoms with Gasteiger partial charge in [0, 0.05) is 38.2 Å². The first-order chi connectivity index (χ1) is 26.2. The maximum Gasteiger partial charge on any atom is 0.127 e. The summed E-state index contributed by atoms with van der Waals surface area (Å²) in [6, 6.07) is 42.0.